The molecule has 0 spiro atoms. The van der Waals surface area contributed by atoms with Crippen LogP contribution in [-0.2, 0) is 27.2 Å². The number of amides is 1. The van der Waals surface area contributed by atoms with Gasteiger partial charge in [0.25, 0.3) is 5.91 Å². The molecule has 2 N–H and O–H groups in total. The highest BCUT2D eigenvalue weighted by atomic mass is 16.5. The summed E-state index contributed by atoms with van der Waals surface area (Å²) in [4.78, 5) is 27.4. The second-order valence-corrected chi connectivity index (χ2v) is 6.88. The summed E-state index contributed by atoms with van der Waals surface area (Å²) < 4.78 is 5.14. The summed E-state index contributed by atoms with van der Waals surface area (Å²) in [6, 6.07) is 14.0. The molecule has 0 aliphatic heterocycles. The molecule has 0 aliphatic carbocycles. The number of hydrogen-bond donors (Lipinski definition) is 2. The third-order valence-electron chi connectivity index (χ3n) is 4.87. The average Bonchev–Trinajstić information content (AvgIpc) is 3.11. The molecule has 146 valence electrons. The standard InChI is InChI=1S/C23H26N2O3/c1-3-17-9-6-8-16(2)23(17)25-21(26)15-28-22(27)13-7-10-18-14-24-20-12-5-4-11-19(18)20/h4-6,8-9,11-12,14,24H,3,7,10,13,15H2,1-2H3,(H,25,26). The molecule has 0 bridgehead atoms. The molecule has 1 heterocycles. The van der Waals surface area contributed by atoms with E-state index in [2.05, 4.69) is 16.4 Å². The molecule has 28 heavy (non-hydrogen) atoms. The zero-order valence-corrected chi connectivity index (χ0v) is 16.4. The van der Waals surface area contributed by atoms with Crippen molar-refractivity contribution in [2.24, 2.45) is 0 Å². The first-order valence-electron chi connectivity index (χ1n) is 9.67. The van der Waals surface area contributed by atoms with Gasteiger partial charge in [0.2, 0.25) is 0 Å². The average molecular weight is 378 g/mol. The minimum absolute atomic E-state index is 0.261. The number of benzene rings is 2. The zero-order chi connectivity index (χ0) is 19.9. The highest BCUT2D eigenvalue weighted by Gasteiger charge is 2.12. The molecule has 0 unspecified atom stereocenters. The van der Waals surface area contributed by atoms with Crippen LogP contribution in [0.1, 0.15) is 36.5 Å². The van der Waals surface area contributed by atoms with Gasteiger partial charge in [0, 0.05) is 29.2 Å². The number of anilines is 1. The van der Waals surface area contributed by atoms with Crippen LogP contribution in [0.5, 0.6) is 0 Å². The van der Waals surface area contributed by atoms with Gasteiger partial charge in [-0.05, 0) is 48.9 Å². The molecule has 0 saturated carbocycles. The van der Waals surface area contributed by atoms with E-state index in [1.807, 2.05) is 56.4 Å². The first kappa shape index (κ1) is 19.7. The number of hydrogen-bond acceptors (Lipinski definition) is 3. The van der Waals surface area contributed by atoms with Crippen molar-refractivity contribution in [3.8, 4) is 0 Å². The lowest BCUT2D eigenvalue weighted by Gasteiger charge is -2.13. The quantitative estimate of drug-likeness (QED) is 0.565. The van der Waals surface area contributed by atoms with Crippen LogP contribution < -0.4 is 5.32 Å². The fraction of sp³-hybridized carbons (Fsp3) is 0.304. The van der Waals surface area contributed by atoms with Gasteiger partial charge in [0.05, 0.1) is 0 Å². The van der Waals surface area contributed by atoms with E-state index >= 15 is 0 Å². The summed E-state index contributed by atoms with van der Waals surface area (Å²) in [6.45, 7) is 3.73. The van der Waals surface area contributed by atoms with E-state index in [0.717, 1.165) is 35.2 Å². The van der Waals surface area contributed by atoms with E-state index in [4.69, 9.17) is 4.74 Å². The Hall–Kier alpha value is -3.08. The molecular weight excluding hydrogens is 352 g/mol. The largest absolute Gasteiger partial charge is 0.456 e. The Morgan fingerprint density at radius 1 is 1.07 bits per heavy atom. The van der Waals surface area contributed by atoms with Gasteiger partial charge in [-0.3, -0.25) is 9.59 Å². The van der Waals surface area contributed by atoms with Crippen LogP contribution in [0, 0.1) is 6.92 Å². The second-order valence-electron chi connectivity index (χ2n) is 6.88. The van der Waals surface area contributed by atoms with Crippen molar-refractivity contribution in [3.63, 3.8) is 0 Å². The molecule has 2 aromatic carbocycles. The van der Waals surface area contributed by atoms with Gasteiger partial charge in [-0.15, -0.1) is 0 Å². The zero-order valence-electron chi connectivity index (χ0n) is 16.4. The van der Waals surface area contributed by atoms with Crippen LogP contribution in [0.15, 0.2) is 48.7 Å². The van der Waals surface area contributed by atoms with Gasteiger partial charge in [-0.25, -0.2) is 0 Å². The SMILES string of the molecule is CCc1cccc(C)c1NC(=O)COC(=O)CCCc1c[nH]c2ccccc12. The van der Waals surface area contributed by atoms with Gasteiger partial charge in [0.1, 0.15) is 0 Å². The lowest BCUT2D eigenvalue weighted by molar-refractivity contribution is -0.147. The summed E-state index contributed by atoms with van der Waals surface area (Å²) in [6.07, 6.45) is 4.56. The van der Waals surface area contributed by atoms with E-state index in [0.29, 0.717) is 6.42 Å². The summed E-state index contributed by atoms with van der Waals surface area (Å²) in [5.74, 6) is -0.663. The van der Waals surface area contributed by atoms with Crippen molar-refractivity contribution in [1.82, 2.24) is 4.98 Å². The highest BCUT2D eigenvalue weighted by Crippen LogP contribution is 2.21. The molecule has 3 rings (SSSR count). The maximum atomic E-state index is 12.2. The van der Waals surface area contributed by atoms with Gasteiger partial charge in [0.15, 0.2) is 6.61 Å². The topological polar surface area (TPSA) is 71.2 Å². The first-order valence-corrected chi connectivity index (χ1v) is 9.67. The normalized spacial score (nSPS) is 10.8. The molecule has 0 atom stereocenters. The highest BCUT2D eigenvalue weighted by molar-refractivity contribution is 5.94. The van der Waals surface area contributed by atoms with Gasteiger partial charge < -0.3 is 15.0 Å². The Balaban J connectivity index is 1.44. The summed E-state index contributed by atoms with van der Waals surface area (Å²) in [5, 5.41) is 4.04. The van der Waals surface area contributed by atoms with Crippen molar-refractivity contribution in [3.05, 3.63) is 65.4 Å². The maximum absolute atomic E-state index is 12.2. The minimum atomic E-state index is -0.351. The maximum Gasteiger partial charge on any atom is 0.306 e. The second kappa shape index (κ2) is 9.22. The third-order valence-corrected chi connectivity index (χ3v) is 4.87. The van der Waals surface area contributed by atoms with Crippen molar-refractivity contribution < 1.29 is 14.3 Å². The number of aromatic nitrogens is 1. The lowest BCUT2D eigenvalue weighted by Crippen LogP contribution is -2.22. The number of para-hydroxylation sites is 2. The summed E-state index contributed by atoms with van der Waals surface area (Å²) >= 11 is 0. The molecule has 1 aromatic heterocycles. The lowest BCUT2D eigenvalue weighted by atomic mass is 10.1. The molecular formula is C23H26N2O3. The van der Waals surface area contributed by atoms with Gasteiger partial charge in [-0.2, -0.15) is 0 Å². The number of aromatic amines is 1. The van der Waals surface area contributed by atoms with Crippen molar-refractivity contribution in [2.45, 2.75) is 39.5 Å². The number of nitrogens with one attached hydrogen (secondary N) is 2. The van der Waals surface area contributed by atoms with Crippen LogP contribution >= 0.6 is 0 Å². The minimum Gasteiger partial charge on any atom is -0.456 e. The molecule has 0 radical (unpaired) electrons. The van der Waals surface area contributed by atoms with Crippen molar-refractivity contribution in [1.29, 1.82) is 0 Å². The number of carbonyl (C=O) groups excluding carboxylic acids is 2. The van der Waals surface area contributed by atoms with E-state index < -0.39 is 0 Å². The fourth-order valence-electron chi connectivity index (χ4n) is 3.36. The number of rotatable bonds is 8. The summed E-state index contributed by atoms with van der Waals surface area (Å²) in [5.41, 5.74) is 5.16. The predicted octanol–water partition coefficient (Wildman–Crippen LogP) is 4.54. The van der Waals surface area contributed by atoms with E-state index in [9.17, 15) is 9.59 Å². The van der Waals surface area contributed by atoms with Gasteiger partial charge in [-0.1, -0.05) is 43.3 Å². The molecule has 5 heteroatoms. The van der Waals surface area contributed by atoms with Crippen LogP contribution in [0.2, 0.25) is 0 Å². The van der Waals surface area contributed by atoms with E-state index in [1.165, 1.54) is 10.9 Å². The Bertz CT molecular complexity index is 975. The Labute approximate surface area is 165 Å². The number of carbonyl (C=O) groups is 2. The molecule has 0 saturated heterocycles. The van der Waals surface area contributed by atoms with E-state index in [-0.39, 0.29) is 24.9 Å². The molecule has 3 aromatic rings. The Morgan fingerprint density at radius 2 is 1.89 bits per heavy atom. The van der Waals surface area contributed by atoms with Crippen LogP contribution in [-0.4, -0.2) is 23.5 Å². The fourth-order valence-corrected chi connectivity index (χ4v) is 3.36. The number of ether oxygens (including phenoxy) is 1. The third kappa shape index (κ3) is 4.80. The number of aryl methyl sites for hydroxylation is 3. The Morgan fingerprint density at radius 3 is 2.71 bits per heavy atom. The van der Waals surface area contributed by atoms with Crippen molar-refractivity contribution in [2.75, 3.05) is 11.9 Å². The van der Waals surface area contributed by atoms with Crippen LogP contribution in [0.3, 0.4) is 0 Å². The van der Waals surface area contributed by atoms with E-state index in [1.54, 1.807) is 0 Å². The first-order chi connectivity index (χ1) is 13.6. The van der Waals surface area contributed by atoms with Gasteiger partial charge >= 0.3 is 5.97 Å². The summed E-state index contributed by atoms with van der Waals surface area (Å²) in [7, 11) is 0. The monoisotopic (exact) mass is 378 g/mol. The smallest absolute Gasteiger partial charge is 0.306 e. The predicted molar refractivity (Wildman–Crippen MR) is 111 cm³/mol. The molecule has 1 amide bonds. The van der Waals surface area contributed by atoms with Crippen LogP contribution in [0.25, 0.3) is 10.9 Å². The molecule has 0 fully saturated rings. The van der Waals surface area contributed by atoms with Crippen molar-refractivity contribution >= 4 is 28.5 Å². The van der Waals surface area contributed by atoms with Crippen LogP contribution in [0.4, 0.5) is 5.69 Å². The molecule has 5 nitrogen and oxygen atoms in total. The number of fused-ring (bicyclic) bond motifs is 1. The Kier molecular flexibility index (Phi) is 6.48. The number of esters is 1. The number of H-pyrrole nitrogens is 1. The molecule has 0 aliphatic rings.